The molecule has 68 valence electrons. The van der Waals surface area contributed by atoms with Crippen LogP contribution in [0.2, 0.25) is 0 Å². The van der Waals surface area contributed by atoms with E-state index in [0.29, 0.717) is 0 Å². The molecule has 0 aliphatic carbocycles. The Bertz CT molecular complexity index is 104. The van der Waals surface area contributed by atoms with Crippen LogP contribution < -0.4 is 5.73 Å². The molecule has 0 spiro atoms. The normalized spacial score (nSPS) is 11.9. The van der Waals surface area contributed by atoms with Gasteiger partial charge in [0.1, 0.15) is 0 Å². The van der Waals surface area contributed by atoms with Gasteiger partial charge < -0.3 is 5.73 Å². The molecule has 0 saturated heterocycles. The second kappa shape index (κ2) is 8.02. The van der Waals surface area contributed by atoms with Crippen LogP contribution in [-0.2, 0) is 4.79 Å². The predicted octanol–water partition coefficient (Wildman–Crippen LogP) is 1.80. The van der Waals surface area contributed by atoms with Crippen molar-refractivity contribution in [3.8, 4) is 0 Å². The molecule has 0 amide bonds. The standard InChI is InChI=1S/C6H12ClNO.C2H6/c1-4(2)6(8)5(9)3-7;1-2/h4,6H,3,8H2,1-2H3;1-2H3. The molecule has 2 nitrogen and oxygen atoms in total. The number of nitrogens with two attached hydrogens (primary N) is 1. The minimum atomic E-state index is -0.387. The molecule has 0 saturated carbocycles. The summed E-state index contributed by atoms with van der Waals surface area (Å²) in [5.74, 6) is 0.141. The highest BCUT2D eigenvalue weighted by atomic mass is 35.5. The Morgan fingerprint density at radius 1 is 1.45 bits per heavy atom. The molecule has 0 rings (SSSR count). The summed E-state index contributed by atoms with van der Waals surface area (Å²) in [4.78, 5) is 10.7. The van der Waals surface area contributed by atoms with Crippen LogP contribution in [-0.4, -0.2) is 17.7 Å². The molecule has 0 heterocycles. The summed E-state index contributed by atoms with van der Waals surface area (Å²) in [6, 6.07) is -0.387. The lowest BCUT2D eigenvalue weighted by atomic mass is 10.0. The SMILES string of the molecule is CC.CC(C)C(N)C(=O)CCl. The molecule has 0 aliphatic rings. The highest BCUT2D eigenvalue weighted by Crippen LogP contribution is 1.99. The minimum Gasteiger partial charge on any atom is -0.321 e. The first-order valence-corrected chi connectivity index (χ1v) is 4.47. The van der Waals surface area contributed by atoms with Gasteiger partial charge in [-0.1, -0.05) is 27.7 Å². The Morgan fingerprint density at radius 3 is 1.91 bits per heavy atom. The number of carbonyl (C=O) groups excluding carboxylic acids is 1. The van der Waals surface area contributed by atoms with Crippen LogP contribution >= 0.6 is 11.6 Å². The van der Waals surface area contributed by atoms with Gasteiger partial charge in [-0.3, -0.25) is 4.79 Å². The van der Waals surface area contributed by atoms with E-state index in [-0.39, 0.29) is 23.6 Å². The Balaban J connectivity index is 0. The van der Waals surface area contributed by atoms with Crippen molar-refractivity contribution < 1.29 is 4.79 Å². The number of ketones is 1. The van der Waals surface area contributed by atoms with Gasteiger partial charge in [-0.25, -0.2) is 0 Å². The topological polar surface area (TPSA) is 43.1 Å². The van der Waals surface area contributed by atoms with Gasteiger partial charge in [0.05, 0.1) is 11.9 Å². The molecule has 0 aromatic carbocycles. The summed E-state index contributed by atoms with van der Waals surface area (Å²) in [6.45, 7) is 7.80. The number of halogens is 1. The summed E-state index contributed by atoms with van der Waals surface area (Å²) < 4.78 is 0. The number of alkyl halides is 1. The number of hydrogen-bond donors (Lipinski definition) is 1. The maximum Gasteiger partial charge on any atom is 0.164 e. The van der Waals surface area contributed by atoms with Crippen molar-refractivity contribution in [1.82, 2.24) is 0 Å². The van der Waals surface area contributed by atoms with Crippen LogP contribution in [0.25, 0.3) is 0 Å². The molecule has 0 aromatic rings. The van der Waals surface area contributed by atoms with Gasteiger partial charge in [0.15, 0.2) is 5.78 Å². The summed E-state index contributed by atoms with van der Waals surface area (Å²) in [6.07, 6.45) is 0. The van der Waals surface area contributed by atoms with Crippen LogP contribution in [0.4, 0.5) is 0 Å². The predicted molar refractivity (Wildman–Crippen MR) is 49.9 cm³/mol. The molecule has 1 unspecified atom stereocenters. The van der Waals surface area contributed by atoms with Crippen molar-refractivity contribution in [1.29, 1.82) is 0 Å². The molecular formula is C8H18ClNO. The van der Waals surface area contributed by atoms with Crippen molar-refractivity contribution in [2.24, 2.45) is 11.7 Å². The summed E-state index contributed by atoms with van der Waals surface area (Å²) in [5.41, 5.74) is 5.44. The van der Waals surface area contributed by atoms with E-state index in [1.807, 2.05) is 27.7 Å². The fourth-order valence-electron chi connectivity index (χ4n) is 0.461. The molecule has 0 aliphatic heterocycles. The zero-order valence-corrected chi connectivity index (χ0v) is 8.48. The molecule has 1 atom stereocenters. The van der Waals surface area contributed by atoms with E-state index in [9.17, 15) is 4.79 Å². The Kier molecular flexibility index (Phi) is 9.85. The maximum atomic E-state index is 10.7. The molecule has 0 bridgehead atoms. The summed E-state index contributed by atoms with van der Waals surface area (Å²) >= 11 is 5.26. The summed E-state index contributed by atoms with van der Waals surface area (Å²) in [5, 5.41) is 0. The third-order valence-electron chi connectivity index (χ3n) is 1.22. The van der Waals surface area contributed by atoms with E-state index >= 15 is 0 Å². The fourth-order valence-corrected chi connectivity index (χ4v) is 0.639. The monoisotopic (exact) mass is 179 g/mol. The molecule has 3 heteroatoms. The average Bonchev–Trinajstić information content (AvgIpc) is 2.05. The van der Waals surface area contributed by atoms with Crippen LogP contribution in [0, 0.1) is 5.92 Å². The first-order chi connectivity index (χ1) is 5.09. The lowest BCUT2D eigenvalue weighted by Gasteiger charge is -2.11. The van der Waals surface area contributed by atoms with Crippen LogP contribution in [0.3, 0.4) is 0 Å². The second-order valence-corrected chi connectivity index (χ2v) is 2.64. The minimum absolute atomic E-state index is 0.0271. The van der Waals surface area contributed by atoms with Crippen LogP contribution in [0.5, 0.6) is 0 Å². The largest absolute Gasteiger partial charge is 0.321 e. The molecule has 11 heavy (non-hydrogen) atoms. The number of hydrogen-bond acceptors (Lipinski definition) is 2. The van der Waals surface area contributed by atoms with Gasteiger partial charge >= 0.3 is 0 Å². The number of Topliss-reactive ketones (excluding diaryl/α,β-unsaturated/α-hetero) is 1. The van der Waals surface area contributed by atoms with E-state index in [0.717, 1.165) is 0 Å². The molecule has 0 aromatic heterocycles. The maximum absolute atomic E-state index is 10.7. The highest BCUT2D eigenvalue weighted by molar-refractivity contribution is 6.28. The third-order valence-corrected chi connectivity index (χ3v) is 1.49. The van der Waals surface area contributed by atoms with E-state index in [2.05, 4.69) is 0 Å². The van der Waals surface area contributed by atoms with Crippen molar-refractivity contribution in [3.63, 3.8) is 0 Å². The Labute approximate surface area is 74.1 Å². The van der Waals surface area contributed by atoms with E-state index < -0.39 is 0 Å². The van der Waals surface area contributed by atoms with E-state index in [1.54, 1.807) is 0 Å². The first kappa shape index (κ1) is 13.5. The quantitative estimate of drug-likeness (QED) is 0.672. The van der Waals surface area contributed by atoms with Crippen molar-refractivity contribution in [2.45, 2.75) is 33.7 Å². The zero-order chi connectivity index (χ0) is 9.44. The van der Waals surface area contributed by atoms with Crippen molar-refractivity contribution in [2.75, 3.05) is 5.88 Å². The third kappa shape index (κ3) is 6.32. The van der Waals surface area contributed by atoms with E-state index in [1.165, 1.54) is 0 Å². The van der Waals surface area contributed by atoms with Gasteiger partial charge in [0.25, 0.3) is 0 Å². The Morgan fingerprint density at radius 2 is 1.82 bits per heavy atom. The number of rotatable bonds is 3. The molecule has 0 radical (unpaired) electrons. The molecular weight excluding hydrogens is 162 g/mol. The smallest absolute Gasteiger partial charge is 0.164 e. The van der Waals surface area contributed by atoms with Crippen molar-refractivity contribution in [3.05, 3.63) is 0 Å². The first-order valence-electron chi connectivity index (χ1n) is 3.93. The summed E-state index contributed by atoms with van der Waals surface area (Å²) in [7, 11) is 0. The zero-order valence-electron chi connectivity index (χ0n) is 7.73. The molecule has 0 fully saturated rings. The molecule has 2 N–H and O–H groups in total. The lowest BCUT2D eigenvalue weighted by molar-refractivity contribution is -0.118. The van der Waals surface area contributed by atoms with Gasteiger partial charge in [-0.15, -0.1) is 11.6 Å². The average molecular weight is 180 g/mol. The van der Waals surface area contributed by atoms with Gasteiger partial charge in [0.2, 0.25) is 0 Å². The van der Waals surface area contributed by atoms with Gasteiger partial charge in [-0.05, 0) is 5.92 Å². The van der Waals surface area contributed by atoms with E-state index in [4.69, 9.17) is 17.3 Å². The van der Waals surface area contributed by atoms with Gasteiger partial charge in [0, 0.05) is 0 Å². The highest BCUT2D eigenvalue weighted by Gasteiger charge is 2.14. The fraction of sp³-hybridized carbons (Fsp3) is 0.875. The van der Waals surface area contributed by atoms with Crippen LogP contribution in [0.1, 0.15) is 27.7 Å². The lowest BCUT2D eigenvalue weighted by Crippen LogP contribution is -2.36. The van der Waals surface area contributed by atoms with Crippen LogP contribution in [0.15, 0.2) is 0 Å². The van der Waals surface area contributed by atoms with Gasteiger partial charge in [-0.2, -0.15) is 0 Å². The number of carbonyl (C=O) groups is 1. The second-order valence-electron chi connectivity index (χ2n) is 2.37. The van der Waals surface area contributed by atoms with Crippen molar-refractivity contribution >= 4 is 17.4 Å². The Hall–Kier alpha value is -0.0800.